The third-order valence-electron chi connectivity index (χ3n) is 4.09. The van der Waals surface area contributed by atoms with Gasteiger partial charge in [-0.3, -0.25) is 9.89 Å². The number of benzene rings is 1. The zero-order chi connectivity index (χ0) is 17.4. The Morgan fingerprint density at radius 1 is 1.24 bits per heavy atom. The van der Waals surface area contributed by atoms with Gasteiger partial charge < -0.3 is 15.4 Å². The van der Waals surface area contributed by atoms with Gasteiger partial charge >= 0.3 is 0 Å². The molecule has 1 aromatic rings. The van der Waals surface area contributed by atoms with Crippen LogP contribution < -0.4 is 10.6 Å². The van der Waals surface area contributed by atoms with Crippen LogP contribution in [0, 0.1) is 0 Å². The van der Waals surface area contributed by atoms with Crippen LogP contribution in [0.5, 0.6) is 0 Å². The second-order valence-electron chi connectivity index (χ2n) is 6.32. The summed E-state index contributed by atoms with van der Waals surface area (Å²) in [5.41, 5.74) is 2.65. The highest BCUT2D eigenvalue weighted by Crippen LogP contribution is 2.16. The maximum absolute atomic E-state index is 5.83. The van der Waals surface area contributed by atoms with E-state index in [1.807, 2.05) is 6.08 Å². The monoisotopic (exact) mass is 458 g/mol. The summed E-state index contributed by atoms with van der Waals surface area (Å²) in [4.78, 5) is 6.70. The van der Waals surface area contributed by atoms with E-state index < -0.39 is 0 Å². The zero-order valence-electron chi connectivity index (χ0n) is 15.5. The van der Waals surface area contributed by atoms with Gasteiger partial charge in [0.05, 0.1) is 12.2 Å². The van der Waals surface area contributed by atoms with Crippen molar-refractivity contribution in [1.29, 1.82) is 0 Å². The second kappa shape index (κ2) is 11.5. The Bertz CT molecular complexity index is 554. The molecule has 1 aliphatic heterocycles. The van der Waals surface area contributed by atoms with Crippen LogP contribution in [0.1, 0.15) is 25.0 Å². The molecule has 2 atom stereocenters. The van der Waals surface area contributed by atoms with E-state index in [2.05, 4.69) is 65.2 Å². The third kappa shape index (κ3) is 7.33. The first-order chi connectivity index (χ1) is 11.6. The van der Waals surface area contributed by atoms with Crippen molar-refractivity contribution in [3.63, 3.8) is 0 Å². The van der Waals surface area contributed by atoms with Crippen LogP contribution in [0.15, 0.2) is 41.9 Å². The largest absolute Gasteiger partial charge is 0.373 e. The van der Waals surface area contributed by atoms with Gasteiger partial charge in [0.15, 0.2) is 5.96 Å². The van der Waals surface area contributed by atoms with E-state index in [0.29, 0.717) is 18.8 Å². The molecule has 0 amide bonds. The summed E-state index contributed by atoms with van der Waals surface area (Å²) in [6, 6.07) is 8.58. The van der Waals surface area contributed by atoms with Gasteiger partial charge in [0.1, 0.15) is 0 Å². The average molecular weight is 458 g/mol. The molecule has 0 radical (unpaired) electrons. The summed E-state index contributed by atoms with van der Waals surface area (Å²) in [5.74, 6) is 0.790. The maximum Gasteiger partial charge on any atom is 0.191 e. The maximum atomic E-state index is 5.83. The molecule has 1 aliphatic rings. The molecule has 140 valence electrons. The van der Waals surface area contributed by atoms with Crippen LogP contribution >= 0.6 is 24.0 Å². The zero-order valence-corrected chi connectivity index (χ0v) is 17.8. The highest BCUT2D eigenvalue weighted by molar-refractivity contribution is 14.0. The third-order valence-corrected chi connectivity index (χ3v) is 4.09. The minimum absolute atomic E-state index is 0. The predicted octanol–water partition coefficient (Wildman–Crippen LogP) is 2.76. The van der Waals surface area contributed by atoms with Crippen molar-refractivity contribution in [2.24, 2.45) is 4.99 Å². The van der Waals surface area contributed by atoms with Gasteiger partial charge in [-0.15, -0.1) is 30.6 Å². The standard InChI is InChI=1S/C19H30N4O.HI/c1-5-10-21-19(20-4)22-11-17-8-6-7-9-18(17)14-23-12-15(2)24-16(3)13-23;/h5-9,15-16H,1,10-14H2,2-4H3,(H2,20,21,22);1H. The number of nitrogens with zero attached hydrogens (tertiary/aromatic N) is 2. The lowest BCUT2D eigenvalue weighted by molar-refractivity contribution is -0.0705. The van der Waals surface area contributed by atoms with Crippen molar-refractivity contribution >= 4 is 29.9 Å². The first-order valence-corrected chi connectivity index (χ1v) is 8.62. The first-order valence-electron chi connectivity index (χ1n) is 8.62. The molecule has 1 fully saturated rings. The van der Waals surface area contributed by atoms with E-state index in [4.69, 9.17) is 4.74 Å². The van der Waals surface area contributed by atoms with Gasteiger partial charge in [-0.2, -0.15) is 0 Å². The first kappa shape index (κ1) is 21.9. The molecule has 0 spiro atoms. The predicted molar refractivity (Wildman–Crippen MR) is 116 cm³/mol. The number of rotatable bonds is 6. The van der Waals surface area contributed by atoms with Gasteiger partial charge in [0.2, 0.25) is 0 Å². The Morgan fingerprint density at radius 3 is 2.48 bits per heavy atom. The van der Waals surface area contributed by atoms with E-state index >= 15 is 0 Å². The lowest BCUT2D eigenvalue weighted by Crippen LogP contribution is -2.45. The van der Waals surface area contributed by atoms with Crippen molar-refractivity contribution < 1.29 is 4.74 Å². The molecule has 0 aromatic heterocycles. The van der Waals surface area contributed by atoms with Gasteiger partial charge in [-0.1, -0.05) is 30.3 Å². The normalized spacial score (nSPS) is 21.3. The number of morpholine rings is 1. The summed E-state index contributed by atoms with van der Waals surface area (Å²) in [7, 11) is 1.78. The topological polar surface area (TPSA) is 48.9 Å². The van der Waals surface area contributed by atoms with Crippen molar-refractivity contribution in [1.82, 2.24) is 15.5 Å². The van der Waals surface area contributed by atoms with Crippen LogP contribution in [-0.2, 0) is 17.8 Å². The fourth-order valence-corrected chi connectivity index (χ4v) is 3.11. The SMILES string of the molecule is C=CCNC(=NC)NCc1ccccc1CN1CC(C)OC(C)C1.I. The lowest BCUT2D eigenvalue weighted by atomic mass is 10.1. The number of halogens is 1. The van der Waals surface area contributed by atoms with Gasteiger partial charge in [0.25, 0.3) is 0 Å². The van der Waals surface area contributed by atoms with E-state index in [1.54, 1.807) is 7.05 Å². The second-order valence-corrected chi connectivity index (χ2v) is 6.32. The number of ether oxygens (including phenoxy) is 1. The quantitative estimate of drug-likeness (QED) is 0.298. The Morgan fingerprint density at radius 2 is 1.88 bits per heavy atom. The van der Waals surface area contributed by atoms with Crippen molar-refractivity contribution in [2.45, 2.75) is 39.1 Å². The van der Waals surface area contributed by atoms with Crippen molar-refractivity contribution in [3.05, 3.63) is 48.0 Å². The molecule has 5 nitrogen and oxygen atoms in total. The van der Waals surface area contributed by atoms with Crippen molar-refractivity contribution in [3.8, 4) is 0 Å². The molecule has 1 aromatic carbocycles. The molecule has 25 heavy (non-hydrogen) atoms. The Labute approximate surface area is 168 Å². The van der Waals surface area contributed by atoms with Gasteiger partial charge in [0, 0.05) is 39.8 Å². The lowest BCUT2D eigenvalue weighted by Gasteiger charge is -2.35. The van der Waals surface area contributed by atoms with Crippen molar-refractivity contribution in [2.75, 3.05) is 26.7 Å². The average Bonchev–Trinajstić information content (AvgIpc) is 2.55. The van der Waals surface area contributed by atoms with Crippen LogP contribution in [-0.4, -0.2) is 49.7 Å². The fourth-order valence-electron chi connectivity index (χ4n) is 3.11. The minimum atomic E-state index is 0. The minimum Gasteiger partial charge on any atom is -0.373 e. The molecule has 0 saturated carbocycles. The molecule has 0 aliphatic carbocycles. The van der Waals surface area contributed by atoms with E-state index in [0.717, 1.165) is 32.1 Å². The number of guanidine groups is 1. The molecule has 1 heterocycles. The summed E-state index contributed by atoms with van der Waals surface area (Å²) in [6.07, 6.45) is 2.41. The van der Waals surface area contributed by atoms with Crippen LogP contribution in [0.25, 0.3) is 0 Å². The summed E-state index contributed by atoms with van der Waals surface area (Å²) >= 11 is 0. The number of nitrogens with one attached hydrogen (secondary N) is 2. The fraction of sp³-hybridized carbons (Fsp3) is 0.526. The number of aliphatic imine (C=N–C) groups is 1. The molecule has 2 rings (SSSR count). The molecule has 2 N–H and O–H groups in total. The van der Waals surface area contributed by atoms with E-state index in [1.165, 1.54) is 11.1 Å². The Kier molecular flexibility index (Phi) is 10.1. The number of hydrogen-bond acceptors (Lipinski definition) is 3. The molecular formula is C19H31IN4O. The summed E-state index contributed by atoms with van der Waals surface area (Å²) in [5, 5.41) is 6.56. The molecule has 0 bridgehead atoms. The molecular weight excluding hydrogens is 427 g/mol. The molecule has 6 heteroatoms. The highest BCUT2D eigenvalue weighted by Gasteiger charge is 2.22. The molecule has 1 saturated heterocycles. The summed E-state index contributed by atoms with van der Waals surface area (Å²) < 4.78 is 5.83. The van der Waals surface area contributed by atoms with Crippen LogP contribution in [0.4, 0.5) is 0 Å². The number of hydrogen-bond donors (Lipinski definition) is 2. The van der Waals surface area contributed by atoms with Crippen LogP contribution in [0.3, 0.4) is 0 Å². The van der Waals surface area contributed by atoms with E-state index in [-0.39, 0.29) is 24.0 Å². The Hall–Kier alpha value is -1.12. The smallest absolute Gasteiger partial charge is 0.191 e. The molecule has 2 unspecified atom stereocenters. The summed E-state index contributed by atoms with van der Waals surface area (Å²) in [6.45, 7) is 12.4. The van der Waals surface area contributed by atoms with Crippen LogP contribution in [0.2, 0.25) is 0 Å². The van der Waals surface area contributed by atoms with Gasteiger partial charge in [-0.05, 0) is 25.0 Å². The highest BCUT2D eigenvalue weighted by atomic mass is 127. The van der Waals surface area contributed by atoms with E-state index in [9.17, 15) is 0 Å². The van der Waals surface area contributed by atoms with Gasteiger partial charge in [-0.25, -0.2) is 0 Å². The Balaban J connectivity index is 0.00000312.